The van der Waals surface area contributed by atoms with E-state index in [2.05, 4.69) is 19.7 Å². The van der Waals surface area contributed by atoms with Crippen molar-refractivity contribution in [1.29, 1.82) is 0 Å². The molecular formula is C19H24FN5O3. The number of hydrogen-bond acceptors (Lipinski definition) is 6. The third-order valence-electron chi connectivity index (χ3n) is 5.56. The van der Waals surface area contributed by atoms with E-state index in [0.29, 0.717) is 44.6 Å². The molecule has 4 rings (SSSR count). The van der Waals surface area contributed by atoms with Crippen LogP contribution in [-0.4, -0.2) is 75.5 Å². The van der Waals surface area contributed by atoms with E-state index >= 15 is 0 Å². The summed E-state index contributed by atoms with van der Waals surface area (Å²) in [5, 5.41) is 18.6. The molecule has 1 aromatic carbocycles. The fourth-order valence-corrected chi connectivity index (χ4v) is 4.05. The topological polar surface area (TPSA) is 83.7 Å². The molecule has 3 heterocycles. The van der Waals surface area contributed by atoms with Gasteiger partial charge in [-0.05, 0) is 31.7 Å². The summed E-state index contributed by atoms with van der Waals surface area (Å²) >= 11 is 0. The Bertz CT molecular complexity index is 886. The molecule has 1 aromatic heterocycles. The van der Waals surface area contributed by atoms with Crippen LogP contribution in [0, 0.1) is 5.82 Å². The first-order valence-corrected chi connectivity index (χ1v) is 9.41. The zero-order chi connectivity index (χ0) is 19.8. The van der Waals surface area contributed by atoms with E-state index in [1.165, 1.54) is 19.2 Å². The van der Waals surface area contributed by atoms with Crippen molar-refractivity contribution < 1.29 is 19.0 Å². The fraction of sp³-hybridized carbons (Fsp3) is 0.526. The van der Waals surface area contributed by atoms with Gasteiger partial charge in [-0.25, -0.2) is 4.39 Å². The molecule has 0 radical (unpaired) electrons. The smallest absolute Gasteiger partial charge is 0.254 e. The van der Waals surface area contributed by atoms with E-state index in [1.807, 2.05) is 7.05 Å². The zero-order valence-corrected chi connectivity index (χ0v) is 16.0. The van der Waals surface area contributed by atoms with Gasteiger partial charge in [0, 0.05) is 38.2 Å². The number of likely N-dealkylation sites (tertiary alicyclic amines) is 1. The first-order valence-electron chi connectivity index (χ1n) is 9.41. The molecule has 2 atom stereocenters. The minimum atomic E-state index is -0.551. The number of β-amino-alcohol motifs (C(OH)–C–C–N with tert-alkyl or cyclic N) is 1. The van der Waals surface area contributed by atoms with Gasteiger partial charge in [-0.1, -0.05) is 0 Å². The SMILES string of the molecule is COc1ccc(C(=O)N2CCc3nnc([C@@H]4C[C@@H](O)CN4C)n3CC2)cc1F. The molecule has 0 unspecified atom stereocenters. The summed E-state index contributed by atoms with van der Waals surface area (Å²) in [6.45, 7) is 2.17. The molecule has 2 aliphatic heterocycles. The number of rotatable bonds is 3. The van der Waals surface area contributed by atoms with Crippen LogP contribution < -0.4 is 4.74 Å². The highest BCUT2D eigenvalue weighted by Gasteiger charge is 2.34. The van der Waals surface area contributed by atoms with E-state index in [4.69, 9.17) is 4.74 Å². The van der Waals surface area contributed by atoms with Gasteiger partial charge in [0.05, 0.1) is 19.3 Å². The van der Waals surface area contributed by atoms with E-state index in [9.17, 15) is 14.3 Å². The molecule has 1 N–H and O–H groups in total. The summed E-state index contributed by atoms with van der Waals surface area (Å²) in [5.41, 5.74) is 0.301. The van der Waals surface area contributed by atoms with Crippen molar-refractivity contribution in [3.8, 4) is 5.75 Å². The van der Waals surface area contributed by atoms with Crippen LogP contribution in [0.2, 0.25) is 0 Å². The molecule has 0 aliphatic carbocycles. The Morgan fingerprint density at radius 3 is 2.79 bits per heavy atom. The Hall–Kier alpha value is -2.52. The zero-order valence-electron chi connectivity index (χ0n) is 16.0. The first kappa shape index (κ1) is 18.8. The van der Waals surface area contributed by atoms with Crippen molar-refractivity contribution in [2.75, 3.05) is 33.8 Å². The summed E-state index contributed by atoms with van der Waals surface area (Å²) in [7, 11) is 3.36. The van der Waals surface area contributed by atoms with Crippen molar-refractivity contribution in [3.63, 3.8) is 0 Å². The number of nitrogens with zero attached hydrogens (tertiary/aromatic N) is 5. The van der Waals surface area contributed by atoms with Crippen molar-refractivity contribution in [2.24, 2.45) is 0 Å². The molecule has 9 heteroatoms. The molecule has 2 aromatic rings. The molecule has 1 fully saturated rings. The maximum Gasteiger partial charge on any atom is 0.254 e. The number of carbonyl (C=O) groups is 1. The summed E-state index contributed by atoms with van der Waals surface area (Å²) in [5.74, 6) is 1.02. The summed E-state index contributed by atoms with van der Waals surface area (Å²) in [4.78, 5) is 16.6. The second kappa shape index (κ2) is 7.48. The Labute approximate surface area is 162 Å². The lowest BCUT2D eigenvalue weighted by Gasteiger charge is -2.22. The van der Waals surface area contributed by atoms with Gasteiger partial charge in [0.15, 0.2) is 17.4 Å². The third kappa shape index (κ3) is 3.35. The predicted molar refractivity (Wildman–Crippen MR) is 98.6 cm³/mol. The number of aliphatic hydroxyl groups is 1. The van der Waals surface area contributed by atoms with Crippen molar-refractivity contribution in [1.82, 2.24) is 24.6 Å². The van der Waals surface area contributed by atoms with Crippen LogP contribution in [-0.2, 0) is 13.0 Å². The summed E-state index contributed by atoms with van der Waals surface area (Å²) in [6.07, 6.45) is 0.843. The number of fused-ring (bicyclic) bond motifs is 1. The number of amides is 1. The van der Waals surface area contributed by atoms with E-state index in [1.54, 1.807) is 11.0 Å². The molecule has 28 heavy (non-hydrogen) atoms. The number of carbonyl (C=O) groups excluding carboxylic acids is 1. The summed E-state index contributed by atoms with van der Waals surface area (Å²) < 4.78 is 20.9. The molecule has 0 bridgehead atoms. The fourth-order valence-electron chi connectivity index (χ4n) is 4.05. The maximum atomic E-state index is 14.0. The van der Waals surface area contributed by atoms with Crippen LogP contribution in [0.4, 0.5) is 4.39 Å². The molecule has 1 amide bonds. The van der Waals surface area contributed by atoms with Gasteiger partial charge in [-0.3, -0.25) is 9.69 Å². The monoisotopic (exact) mass is 389 g/mol. The number of hydrogen-bond donors (Lipinski definition) is 1. The number of benzene rings is 1. The van der Waals surface area contributed by atoms with Crippen molar-refractivity contribution in [3.05, 3.63) is 41.2 Å². The second-order valence-electron chi connectivity index (χ2n) is 7.36. The quantitative estimate of drug-likeness (QED) is 0.839. The van der Waals surface area contributed by atoms with Crippen molar-refractivity contribution >= 4 is 5.91 Å². The van der Waals surface area contributed by atoms with Crippen LogP contribution in [0.3, 0.4) is 0 Å². The number of aliphatic hydroxyl groups excluding tert-OH is 1. The Kier molecular flexibility index (Phi) is 5.03. The number of aromatic nitrogens is 3. The highest BCUT2D eigenvalue weighted by Crippen LogP contribution is 2.30. The van der Waals surface area contributed by atoms with Crippen LogP contribution in [0.1, 0.15) is 34.5 Å². The lowest BCUT2D eigenvalue weighted by molar-refractivity contribution is 0.0757. The molecule has 0 spiro atoms. The van der Waals surface area contributed by atoms with E-state index < -0.39 is 5.82 Å². The number of halogens is 1. The highest BCUT2D eigenvalue weighted by molar-refractivity contribution is 5.94. The van der Waals surface area contributed by atoms with Crippen LogP contribution in [0.5, 0.6) is 5.75 Å². The van der Waals surface area contributed by atoms with Gasteiger partial charge in [0.25, 0.3) is 5.91 Å². The standard InChI is InChI=1S/C19H24FN5O3/c1-23-11-13(26)10-15(23)18-22-21-17-5-6-24(7-8-25(17)18)19(27)12-3-4-16(28-2)14(20)9-12/h3-4,9,13,15,26H,5-8,10-11H2,1-2H3/t13-,15+/m1/s1. The first-order chi connectivity index (χ1) is 13.5. The second-order valence-corrected chi connectivity index (χ2v) is 7.36. The highest BCUT2D eigenvalue weighted by atomic mass is 19.1. The third-order valence-corrected chi connectivity index (χ3v) is 5.56. The minimum Gasteiger partial charge on any atom is -0.494 e. The van der Waals surface area contributed by atoms with Crippen LogP contribution in [0.25, 0.3) is 0 Å². The molecule has 1 saturated heterocycles. The van der Waals surface area contributed by atoms with Gasteiger partial charge in [0.1, 0.15) is 5.82 Å². The Morgan fingerprint density at radius 1 is 1.29 bits per heavy atom. The molecule has 8 nitrogen and oxygen atoms in total. The Morgan fingerprint density at radius 2 is 2.11 bits per heavy atom. The molecule has 2 aliphatic rings. The lowest BCUT2D eigenvalue weighted by Crippen LogP contribution is -2.34. The number of methoxy groups -OCH3 is 1. The molecule has 150 valence electrons. The summed E-state index contributed by atoms with van der Waals surface area (Å²) in [6, 6.07) is 4.28. The van der Waals surface area contributed by atoms with Gasteiger partial charge < -0.3 is 19.3 Å². The van der Waals surface area contributed by atoms with Crippen molar-refractivity contribution in [2.45, 2.75) is 31.5 Å². The van der Waals surface area contributed by atoms with Gasteiger partial charge in [-0.2, -0.15) is 0 Å². The minimum absolute atomic E-state index is 0.0224. The maximum absolute atomic E-state index is 14.0. The average Bonchev–Trinajstić information content (AvgIpc) is 3.15. The van der Waals surface area contributed by atoms with Crippen LogP contribution in [0.15, 0.2) is 18.2 Å². The van der Waals surface area contributed by atoms with Crippen LogP contribution >= 0.6 is 0 Å². The largest absolute Gasteiger partial charge is 0.494 e. The number of ether oxygens (including phenoxy) is 1. The number of likely N-dealkylation sites (N-methyl/N-ethyl adjacent to an activating group) is 1. The van der Waals surface area contributed by atoms with Gasteiger partial charge >= 0.3 is 0 Å². The van der Waals surface area contributed by atoms with E-state index in [-0.39, 0.29) is 23.8 Å². The van der Waals surface area contributed by atoms with E-state index in [0.717, 1.165) is 11.6 Å². The normalized spacial score (nSPS) is 22.8. The van der Waals surface area contributed by atoms with Gasteiger partial charge in [0.2, 0.25) is 0 Å². The predicted octanol–water partition coefficient (Wildman–Crippen LogP) is 0.862. The lowest BCUT2D eigenvalue weighted by atomic mass is 10.1. The molecular weight excluding hydrogens is 365 g/mol. The van der Waals surface area contributed by atoms with Gasteiger partial charge in [-0.15, -0.1) is 10.2 Å². The Balaban J connectivity index is 1.51. The average molecular weight is 389 g/mol. The molecule has 0 saturated carbocycles.